The van der Waals surface area contributed by atoms with Crippen LogP contribution in [0.15, 0.2) is 72.9 Å². The van der Waals surface area contributed by atoms with Gasteiger partial charge in [0.15, 0.2) is 0 Å². The Morgan fingerprint density at radius 2 is 1.38 bits per heavy atom. The maximum absolute atomic E-state index is 4.45. The first kappa shape index (κ1) is 18.4. The largest absolute Gasteiger partial charge is 0.256 e. The van der Waals surface area contributed by atoms with Crippen molar-refractivity contribution in [3.05, 3.63) is 89.6 Å². The second-order valence-corrected chi connectivity index (χ2v) is 7.17. The van der Waals surface area contributed by atoms with Gasteiger partial charge in [0.1, 0.15) is 0 Å². The second kappa shape index (κ2) is 9.91. The van der Waals surface area contributed by atoms with Crippen LogP contribution < -0.4 is 0 Å². The summed E-state index contributed by atoms with van der Waals surface area (Å²) in [7, 11) is 0. The van der Waals surface area contributed by atoms with E-state index in [2.05, 4.69) is 66.5 Å². The first-order valence-electron chi connectivity index (χ1n) is 9.87. The molecule has 0 saturated carbocycles. The molecule has 134 valence electrons. The first-order chi connectivity index (χ1) is 12.8. The Kier molecular flexibility index (Phi) is 7.01. The van der Waals surface area contributed by atoms with E-state index in [1.54, 1.807) is 0 Å². The second-order valence-electron chi connectivity index (χ2n) is 7.17. The smallest absolute Gasteiger partial charge is 0.0702 e. The number of aromatic nitrogens is 1. The van der Waals surface area contributed by atoms with Crippen molar-refractivity contribution in [3.63, 3.8) is 0 Å². The molecule has 0 fully saturated rings. The van der Waals surface area contributed by atoms with Crippen LogP contribution in [0, 0.1) is 6.92 Å². The molecule has 3 rings (SSSR count). The lowest BCUT2D eigenvalue weighted by molar-refractivity contribution is 0.613. The van der Waals surface area contributed by atoms with Crippen molar-refractivity contribution in [1.82, 2.24) is 4.98 Å². The molecule has 1 heteroatoms. The third-order valence-electron chi connectivity index (χ3n) is 4.94. The predicted molar refractivity (Wildman–Crippen MR) is 111 cm³/mol. The Labute approximate surface area is 158 Å². The Morgan fingerprint density at radius 3 is 2.12 bits per heavy atom. The van der Waals surface area contributed by atoms with Gasteiger partial charge in [-0.2, -0.15) is 0 Å². The van der Waals surface area contributed by atoms with Gasteiger partial charge in [-0.1, -0.05) is 73.4 Å². The van der Waals surface area contributed by atoms with Gasteiger partial charge in [-0.05, 0) is 61.9 Å². The van der Waals surface area contributed by atoms with Gasteiger partial charge in [-0.25, -0.2) is 0 Å². The lowest BCUT2D eigenvalue weighted by atomic mass is 10.0. The minimum Gasteiger partial charge on any atom is -0.256 e. The molecule has 0 aliphatic rings. The molecule has 0 bridgehead atoms. The standard InChI is InChI=1S/C25H29N/c1-21-15-17-22(18-16-21)10-5-3-2-4-6-11-23-12-9-13-24(20-23)25-14-7-8-19-26-25/h7-9,12-20H,2-6,10-11H2,1H3. The Balaban J connectivity index is 1.34. The van der Waals surface area contributed by atoms with Crippen LogP contribution in [0.25, 0.3) is 11.3 Å². The van der Waals surface area contributed by atoms with E-state index in [4.69, 9.17) is 0 Å². The maximum atomic E-state index is 4.45. The summed E-state index contributed by atoms with van der Waals surface area (Å²) in [4.78, 5) is 4.45. The number of hydrogen-bond acceptors (Lipinski definition) is 1. The number of nitrogens with zero attached hydrogens (tertiary/aromatic N) is 1. The summed E-state index contributed by atoms with van der Waals surface area (Å²) in [5.41, 5.74) is 6.53. The van der Waals surface area contributed by atoms with Crippen LogP contribution in [0.1, 0.15) is 48.8 Å². The van der Waals surface area contributed by atoms with Crippen molar-refractivity contribution in [2.45, 2.75) is 51.9 Å². The molecule has 0 amide bonds. The van der Waals surface area contributed by atoms with Crippen molar-refractivity contribution >= 4 is 0 Å². The molecule has 3 aromatic rings. The van der Waals surface area contributed by atoms with Gasteiger partial charge in [0.25, 0.3) is 0 Å². The zero-order chi connectivity index (χ0) is 18.0. The molecule has 1 nitrogen and oxygen atoms in total. The number of benzene rings is 2. The third-order valence-corrected chi connectivity index (χ3v) is 4.94. The average molecular weight is 344 g/mol. The van der Waals surface area contributed by atoms with Gasteiger partial charge in [-0.15, -0.1) is 0 Å². The molecule has 1 aromatic heterocycles. The summed E-state index contributed by atoms with van der Waals surface area (Å²) in [6.07, 6.45) is 10.8. The zero-order valence-electron chi connectivity index (χ0n) is 15.8. The normalized spacial score (nSPS) is 10.8. The molecule has 0 N–H and O–H groups in total. The summed E-state index contributed by atoms with van der Waals surface area (Å²) in [6.45, 7) is 2.15. The third kappa shape index (κ3) is 5.84. The van der Waals surface area contributed by atoms with Crippen molar-refractivity contribution in [2.75, 3.05) is 0 Å². The fourth-order valence-electron chi connectivity index (χ4n) is 3.36. The van der Waals surface area contributed by atoms with E-state index in [-0.39, 0.29) is 0 Å². The monoisotopic (exact) mass is 343 g/mol. The van der Waals surface area contributed by atoms with Crippen molar-refractivity contribution < 1.29 is 0 Å². The summed E-state index contributed by atoms with van der Waals surface area (Å²) in [6, 6.07) is 23.9. The van der Waals surface area contributed by atoms with Crippen LogP contribution in [0.4, 0.5) is 0 Å². The van der Waals surface area contributed by atoms with E-state index >= 15 is 0 Å². The van der Waals surface area contributed by atoms with Gasteiger partial charge in [-0.3, -0.25) is 4.98 Å². The Bertz CT molecular complexity index is 775. The van der Waals surface area contributed by atoms with E-state index in [9.17, 15) is 0 Å². The molecule has 0 unspecified atom stereocenters. The molecule has 0 aliphatic carbocycles. The molecule has 26 heavy (non-hydrogen) atoms. The fourth-order valence-corrected chi connectivity index (χ4v) is 3.36. The Morgan fingerprint density at radius 1 is 0.654 bits per heavy atom. The molecule has 0 atom stereocenters. The molecular formula is C25H29N. The SMILES string of the molecule is Cc1ccc(CCCCCCCc2cccc(-c3ccccn3)c2)cc1. The van der Waals surface area contributed by atoms with Gasteiger partial charge in [0, 0.05) is 11.8 Å². The number of rotatable bonds is 9. The Hall–Kier alpha value is -2.41. The summed E-state index contributed by atoms with van der Waals surface area (Å²) >= 11 is 0. The van der Waals surface area contributed by atoms with E-state index in [0.29, 0.717) is 0 Å². The highest BCUT2D eigenvalue weighted by Crippen LogP contribution is 2.19. The highest BCUT2D eigenvalue weighted by molar-refractivity contribution is 5.59. The predicted octanol–water partition coefficient (Wildman–Crippen LogP) is 6.79. The lowest BCUT2D eigenvalue weighted by Crippen LogP contribution is -1.90. The van der Waals surface area contributed by atoms with Gasteiger partial charge < -0.3 is 0 Å². The molecule has 2 aromatic carbocycles. The molecule has 0 saturated heterocycles. The van der Waals surface area contributed by atoms with Crippen molar-refractivity contribution in [2.24, 2.45) is 0 Å². The van der Waals surface area contributed by atoms with E-state index in [0.717, 1.165) is 5.69 Å². The van der Waals surface area contributed by atoms with Crippen LogP contribution >= 0.6 is 0 Å². The van der Waals surface area contributed by atoms with E-state index < -0.39 is 0 Å². The number of unbranched alkanes of at least 4 members (excludes halogenated alkanes) is 4. The molecule has 1 heterocycles. The highest BCUT2D eigenvalue weighted by Gasteiger charge is 2.00. The molecular weight excluding hydrogens is 314 g/mol. The first-order valence-corrected chi connectivity index (χ1v) is 9.87. The minimum atomic E-state index is 1.06. The van der Waals surface area contributed by atoms with Gasteiger partial charge in [0.05, 0.1) is 5.69 Å². The lowest BCUT2D eigenvalue weighted by Gasteiger charge is -2.06. The van der Waals surface area contributed by atoms with E-state index in [1.807, 2.05) is 18.3 Å². The minimum absolute atomic E-state index is 1.06. The van der Waals surface area contributed by atoms with Crippen LogP contribution in [0.2, 0.25) is 0 Å². The molecule has 0 radical (unpaired) electrons. The van der Waals surface area contributed by atoms with E-state index in [1.165, 1.54) is 67.2 Å². The van der Waals surface area contributed by atoms with Gasteiger partial charge >= 0.3 is 0 Å². The average Bonchev–Trinajstić information content (AvgIpc) is 2.69. The number of hydrogen-bond donors (Lipinski definition) is 0. The molecule has 0 aliphatic heterocycles. The van der Waals surface area contributed by atoms with Crippen molar-refractivity contribution in [1.29, 1.82) is 0 Å². The zero-order valence-corrected chi connectivity index (χ0v) is 15.8. The summed E-state index contributed by atoms with van der Waals surface area (Å²) in [5.74, 6) is 0. The summed E-state index contributed by atoms with van der Waals surface area (Å²) < 4.78 is 0. The van der Waals surface area contributed by atoms with Crippen LogP contribution in [-0.4, -0.2) is 4.98 Å². The fraction of sp³-hybridized carbons (Fsp3) is 0.320. The summed E-state index contributed by atoms with van der Waals surface area (Å²) in [5, 5.41) is 0. The topological polar surface area (TPSA) is 12.9 Å². The number of pyridine rings is 1. The van der Waals surface area contributed by atoms with Gasteiger partial charge in [0.2, 0.25) is 0 Å². The quantitative estimate of drug-likeness (QED) is 0.390. The maximum Gasteiger partial charge on any atom is 0.0702 e. The van der Waals surface area contributed by atoms with Crippen molar-refractivity contribution in [3.8, 4) is 11.3 Å². The number of aryl methyl sites for hydroxylation is 3. The highest BCUT2D eigenvalue weighted by atomic mass is 14.7. The van der Waals surface area contributed by atoms with Crippen LogP contribution in [-0.2, 0) is 12.8 Å². The van der Waals surface area contributed by atoms with Crippen LogP contribution in [0.3, 0.4) is 0 Å². The molecule has 0 spiro atoms. The van der Waals surface area contributed by atoms with Crippen LogP contribution in [0.5, 0.6) is 0 Å².